The van der Waals surface area contributed by atoms with Crippen LogP contribution in [0.5, 0.6) is 5.75 Å². The van der Waals surface area contributed by atoms with E-state index < -0.39 is 11.6 Å². The maximum atomic E-state index is 11.2. The molecule has 0 fully saturated rings. The van der Waals surface area contributed by atoms with Gasteiger partial charge in [-0.3, -0.25) is 0 Å². The predicted octanol–water partition coefficient (Wildman–Crippen LogP) is 2.58. The van der Waals surface area contributed by atoms with Crippen LogP contribution in [0.3, 0.4) is 0 Å². The fraction of sp³-hybridized carbons (Fsp3) is 0.385. The van der Waals surface area contributed by atoms with Gasteiger partial charge in [0.25, 0.3) is 0 Å². The summed E-state index contributed by atoms with van der Waals surface area (Å²) in [5, 5.41) is 17.8. The molecule has 1 aromatic rings. The molecule has 90 valence electrons. The van der Waals surface area contributed by atoms with Gasteiger partial charge in [0.2, 0.25) is 5.60 Å². The zero-order valence-electron chi connectivity index (χ0n) is 9.93. The van der Waals surface area contributed by atoms with E-state index in [1.165, 1.54) is 0 Å². The van der Waals surface area contributed by atoms with Gasteiger partial charge in [0.15, 0.2) is 0 Å². The summed E-state index contributed by atoms with van der Waals surface area (Å²) in [6.45, 7) is 3.46. The SMILES string of the molecule is CCCC(C)(Oc1ccc(C#N)cc1)C(=O)O. The normalized spacial score (nSPS) is 13.5. The van der Waals surface area contributed by atoms with E-state index in [-0.39, 0.29) is 0 Å². The van der Waals surface area contributed by atoms with Crippen molar-refractivity contribution in [2.24, 2.45) is 0 Å². The van der Waals surface area contributed by atoms with E-state index in [2.05, 4.69) is 0 Å². The minimum Gasteiger partial charge on any atom is -0.478 e. The quantitative estimate of drug-likeness (QED) is 0.848. The molecule has 0 aromatic heterocycles. The van der Waals surface area contributed by atoms with Crippen molar-refractivity contribution in [1.29, 1.82) is 5.26 Å². The Bertz CT molecular complexity index is 433. The van der Waals surface area contributed by atoms with Gasteiger partial charge in [0.1, 0.15) is 5.75 Å². The first-order valence-corrected chi connectivity index (χ1v) is 5.44. The monoisotopic (exact) mass is 233 g/mol. The minimum absolute atomic E-state index is 0.433. The second-order valence-electron chi connectivity index (χ2n) is 4.02. The summed E-state index contributed by atoms with van der Waals surface area (Å²) in [7, 11) is 0. The number of aliphatic carboxylic acids is 1. The third kappa shape index (κ3) is 3.22. The molecule has 1 rings (SSSR count). The number of carboxylic acid groups (broad SMARTS) is 1. The topological polar surface area (TPSA) is 70.3 Å². The summed E-state index contributed by atoms with van der Waals surface area (Å²) in [5.74, 6) is -0.522. The highest BCUT2D eigenvalue weighted by molar-refractivity contribution is 5.77. The third-order valence-corrected chi connectivity index (χ3v) is 2.51. The molecule has 0 amide bonds. The van der Waals surface area contributed by atoms with E-state index in [1.54, 1.807) is 31.2 Å². The van der Waals surface area contributed by atoms with Gasteiger partial charge < -0.3 is 9.84 Å². The number of nitrogens with zero attached hydrogens (tertiary/aromatic N) is 1. The molecule has 0 spiro atoms. The molecule has 4 heteroatoms. The number of nitriles is 1. The fourth-order valence-corrected chi connectivity index (χ4v) is 1.54. The van der Waals surface area contributed by atoms with E-state index in [4.69, 9.17) is 15.1 Å². The first kappa shape index (κ1) is 13.0. The van der Waals surface area contributed by atoms with Crippen molar-refractivity contribution < 1.29 is 14.6 Å². The highest BCUT2D eigenvalue weighted by atomic mass is 16.5. The fourth-order valence-electron chi connectivity index (χ4n) is 1.54. The molecule has 0 aliphatic carbocycles. The van der Waals surface area contributed by atoms with Crippen molar-refractivity contribution in [3.63, 3.8) is 0 Å². The van der Waals surface area contributed by atoms with Crippen molar-refractivity contribution in [3.8, 4) is 11.8 Å². The van der Waals surface area contributed by atoms with E-state index in [0.29, 0.717) is 17.7 Å². The predicted molar refractivity (Wildman–Crippen MR) is 62.7 cm³/mol. The van der Waals surface area contributed by atoms with Crippen LogP contribution in [-0.2, 0) is 4.79 Å². The van der Waals surface area contributed by atoms with Crippen LogP contribution in [0.2, 0.25) is 0 Å². The summed E-state index contributed by atoms with van der Waals surface area (Å²) in [5.41, 5.74) is -0.701. The van der Waals surface area contributed by atoms with Crippen LogP contribution in [0.15, 0.2) is 24.3 Å². The Morgan fingerprint density at radius 2 is 2.06 bits per heavy atom. The van der Waals surface area contributed by atoms with Gasteiger partial charge in [-0.05, 0) is 37.6 Å². The van der Waals surface area contributed by atoms with Gasteiger partial charge in [0, 0.05) is 0 Å². The Morgan fingerprint density at radius 1 is 1.47 bits per heavy atom. The highest BCUT2D eigenvalue weighted by Crippen LogP contribution is 2.23. The molecule has 0 radical (unpaired) electrons. The molecular formula is C13H15NO3. The van der Waals surface area contributed by atoms with Crippen LogP contribution in [0.25, 0.3) is 0 Å². The Labute approximate surface area is 100 Å². The van der Waals surface area contributed by atoms with Crippen LogP contribution in [-0.4, -0.2) is 16.7 Å². The van der Waals surface area contributed by atoms with Gasteiger partial charge in [-0.2, -0.15) is 5.26 Å². The molecule has 4 nitrogen and oxygen atoms in total. The van der Waals surface area contributed by atoms with Crippen molar-refractivity contribution in [2.75, 3.05) is 0 Å². The molecule has 1 N–H and O–H groups in total. The summed E-state index contributed by atoms with van der Waals surface area (Å²) in [4.78, 5) is 11.2. The molecule has 1 unspecified atom stereocenters. The summed E-state index contributed by atoms with van der Waals surface area (Å²) in [6.07, 6.45) is 1.15. The number of benzene rings is 1. The maximum absolute atomic E-state index is 11.2. The lowest BCUT2D eigenvalue weighted by Gasteiger charge is -2.25. The van der Waals surface area contributed by atoms with Crippen molar-refractivity contribution in [2.45, 2.75) is 32.3 Å². The molecular weight excluding hydrogens is 218 g/mol. The second kappa shape index (κ2) is 5.35. The smallest absolute Gasteiger partial charge is 0.347 e. The molecule has 0 aliphatic heterocycles. The van der Waals surface area contributed by atoms with Gasteiger partial charge in [-0.1, -0.05) is 13.3 Å². The van der Waals surface area contributed by atoms with Crippen LogP contribution in [0, 0.1) is 11.3 Å². The molecule has 0 saturated heterocycles. The number of hydrogen-bond donors (Lipinski definition) is 1. The highest BCUT2D eigenvalue weighted by Gasteiger charge is 2.34. The zero-order chi connectivity index (χ0) is 12.9. The lowest BCUT2D eigenvalue weighted by molar-refractivity contribution is -0.154. The Kier molecular flexibility index (Phi) is 4.11. The van der Waals surface area contributed by atoms with Crippen LogP contribution >= 0.6 is 0 Å². The molecule has 0 bridgehead atoms. The number of carboxylic acids is 1. The van der Waals surface area contributed by atoms with Crippen molar-refractivity contribution >= 4 is 5.97 Å². The molecule has 0 saturated carbocycles. The van der Waals surface area contributed by atoms with E-state index in [1.807, 2.05) is 13.0 Å². The van der Waals surface area contributed by atoms with Gasteiger partial charge >= 0.3 is 5.97 Å². The number of rotatable bonds is 5. The Balaban J connectivity index is 2.87. The molecule has 1 atom stereocenters. The molecule has 17 heavy (non-hydrogen) atoms. The number of ether oxygens (including phenoxy) is 1. The van der Waals surface area contributed by atoms with Crippen LogP contribution < -0.4 is 4.74 Å². The standard InChI is InChI=1S/C13H15NO3/c1-3-8-13(2,12(15)16)17-11-6-4-10(9-14)5-7-11/h4-7H,3,8H2,1-2H3,(H,15,16). The number of carbonyl (C=O) groups is 1. The molecule has 1 aromatic carbocycles. The lowest BCUT2D eigenvalue weighted by Crippen LogP contribution is -2.41. The summed E-state index contributed by atoms with van der Waals surface area (Å²) in [6, 6.07) is 8.41. The van der Waals surface area contributed by atoms with E-state index in [9.17, 15) is 4.79 Å². The first-order chi connectivity index (χ1) is 8.01. The molecule has 0 aliphatic rings. The summed E-state index contributed by atoms with van der Waals surface area (Å²) >= 11 is 0. The van der Waals surface area contributed by atoms with Crippen LogP contribution in [0.4, 0.5) is 0 Å². The largest absolute Gasteiger partial charge is 0.478 e. The van der Waals surface area contributed by atoms with Gasteiger partial charge in [-0.15, -0.1) is 0 Å². The molecule has 0 heterocycles. The average molecular weight is 233 g/mol. The number of hydrogen-bond acceptors (Lipinski definition) is 3. The van der Waals surface area contributed by atoms with E-state index in [0.717, 1.165) is 6.42 Å². The Hall–Kier alpha value is -2.02. The summed E-state index contributed by atoms with van der Waals surface area (Å²) < 4.78 is 5.49. The third-order valence-electron chi connectivity index (χ3n) is 2.51. The minimum atomic E-state index is -1.22. The second-order valence-corrected chi connectivity index (χ2v) is 4.02. The first-order valence-electron chi connectivity index (χ1n) is 5.44. The lowest BCUT2D eigenvalue weighted by atomic mass is 10.0. The van der Waals surface area contributed by atoms with Gasteiger partial charge in [-0.25, -0.2) is 4.79 Å². The van der Waals surface area contributed by atoms with Crippen molar-refractivity contribution in [1.82, 2.24) is 0 Å². The Morgan fingerprint density at radius 3 is 2.47 bits per heavy atom. The van der Waals surface area contributed by atoms with Crippen LogP contribution in [0.1, 0.15) is 32.3 Å². The zero-order valence-corrected chi connectivity index (χ0v) is 9.93. The van der Waals surface area contributed by atoms with E-state index >= 15 is 0 Å². The average Bonchev–Trinajstić information content (AvgIpc) is 2.30. The maximum Gasteiger partial charge on any atom is 0.347 e. The van der Waals surface area contributed by atoms with Crippen molar-refractivity contribution in [3.05, 3.63) is 29.8 Å². The van der Waals surface area contributed by atoms with Gasteiger partial charge in [0.05, 0.1) is 11.6 Å².